The van der Waals surface area contributed by atoms with Crippen LogP contribution in [0.5, 0.6) is 0 Å². The fourth-order valence-electron chi connectivity index (χ4n) is 5.11. The Hall–Kier alpha value is -2.66. The van der Waals surface area contributed by atoms with Crippen LogP contribution in [0.4, 0.5) is 0 Å². The molecule has 0 saturated carbocycles. The summed E-state index contributed by atoms with van der Waals surface area (Å²) in [5.41, 5.74) is 1.50. The third-order valence-corrected chi connectivity index (χ3v) is 6.36. The number of benzene rings is 2. The Morgan fingerprint density at radius 1 is 1.07 bits per heavy atom. The number of fused-ring (bicyclic) bond motifs is 2. The molecule has 0 aliphatic carbocycles. The van der Waals surface area contributed by atoms with Gasteiger partial charge in [0.15, 0.2) is 0 Å². The predicted octanol–water partition coefficient (Wildman–Crippen LogP) is 3.07. The quantitative estimate of drug-likeness (QED) is 0.811. The molecule has 2 fully saturated rings. The lowest BCUT2D eigenvalue weighted by Gasteiger charge is -2.36. The van der Waals surface area contributed by atoms with Crippen LogP contribution >= 0.6 is 0 Å². The lowest BCUT2D eigenvalue weighted by atomic mass is 9.70. The summed E-state index contributed by atoms with van der Waals surface area (Å²) in [6.45, 7) is 0.0471. The molecule has 5 heteroatoms. The zero-order chi connectivity index (χ0) is 19.7. The Kier molecular flexibility index (Phi) is 4.94. The summed E-state index contributed by atoms with van der Waals surface area (Å²) >= 11 is 0. The Balaban J connectivity index is 1.65. The van der Waals surface area contributed by atoms with Crippen molar-refractivity contribution in [2.45, 2.75) is 37.8 Å². The van der Waals surface area contributed by atoms with Gasteiger partial charge in [-0.2, -0.15) is 0 Å². The minimum absolute atomic E-state index is 0.0269. The highest BCUT2D eigenvalue weighted by Gasteiger charge is 2.57. The molecular weight excluding hydrogens is 354 g/mol. The molecule has 5 nitrogen and oxygen atoms in total. The van der Waals surface area contributed by atoms with E-state index in [0.717, 1.165) is 25.7 Å². The summed E-state index contributed by atoms with van der Waals surface area (Å²) in [7, 11) is 1.32. The van der Waals surface area contributed by atoms with Crippen LogP contribution in [0.1, 0.15) is 45.5 Å². The second-order valence-electron chi connectivity index (χ2n) is 7.88. The Bertz CT molecular complexity index is 881. The summed E-state index contributed by atoms with van der Waals surface area (Å²) in [6.07, 6.45) is 3.35. The number of ether oxygens (including phenoxy) is 1. The summed E-state index contributed by atoms with van der Waals surface area (Å²) in [5.74, 6) is -0.648. The van der Waals surface area contributed by atoms with Crippen molar-refractivity contribution in [3.8, 4) is 0 Å². The van der Waals surface area contributed by atoms with Gasteiger partial charge in [0.05, 0.1) is 24.8 Å². The minimum Gasteiger partial charge on any atom is -0.465 e. The number of carbonyl (C=O) groups is 2. The second kappa shape index (κ2) is 7.40. The van der Waals surface area contributed by atoms with Crippen molar-refractivity contribution in [2.75, 3.05) is 13.7 Å². The van der Waals surface area contributed by atoms with E-state index in [-0.39, 0.29) is 30.0 Å². The number of esters is 1. The van der Waals surface area contributed by atoms with Crippen LogP contribution in [0.15, 0.2) is 54.6 Å². The van der Waals surface area contributed by atoms with Gasteiger partial charge in [-0.05, 0) is 43.4 Å². The highest BCUT2D eigenvalue weighted by Crippen LogP contribution is 2.51. The number of hydrogen-bond donors (Lipinski definition) is 1. The molecule has 2 aliphatic rings. The lowest BCUT2D eigenvalue weighted by Crippen LogP contribution is -2.44. The van der Waals surface area contributed by atoms with E-state index < -0.39 is 5.97 Å². The van der Waals surface area contributed by atoms with E-state index in [9.17, 15) is 14.7 Å². The first kappa shape index (κ1) is 18.7. The fraction of sp³-hybridized carbons (Fsp3) is 0.391. The van der Waals surface area contributed by atoms with Gasteiger partial charge in [0, 0.05) is 17.5 Å². The van der Waals surface area contributed by atoms with Gasteiger partial charge >= 0.3 is 5.97 Å². The van der Waals surface area contributed by atoms with Crippen molar-refractivity contribution in [1.82, 2.24) is 4.90 Å². The topological polar surface area (TPSA) is 66.8 Å². The molecule has 2 saturated heterocycles. The monoisotopic (exact) mass is 379 g/mol. The van der Waals surface area contributed by atoms with Crippen LogP contribution in [-0.2, 0) is 11.2 Å². The van der Waals surface area contributed by atoms with Crippen LogP contribution < -0.4 is 0 Å². The van der Waals surface area contributed by atoms with E-state index in [1.165, 1.54) is 12.7 Å². The second-order valence-corrected chi connectivity index (χ2v) is 7.88. The number of amides is 1. The van der Waals surface area contributed by atoms with Crippen LogP contribution in [-0.4, -0.2) is 47.7 Å². The zero-order valence-electron chi connectivity index (χ0n) is 16.0. The Morgan fingerprint density at radius 2 is 1.75 bits per heavy atom. The molecule has 2 aliphatic heterocycles. The van der Waals surface area contributed by atoms with Gasteiger partial charge in [0.25, 0.3) is 5.91 Å². The van der Waals surface area contributed by atoms with E-state index in [1.807, 2.05) is 23.1 Å². The van der Waals surface area contributed by atoms with Gasteiger partial charge in [-0.25, -0.2) is 4.79 Å². The van der Waals surface area contributed by atoms with E-state index in [2.05, 4.69) is 12.1 Å². The SMILES string of the molecule is COC(=O)c1ccccc1C(=O)N1[C@@H]2CC[C@H]1[C@](CO)(Cc1ccccc1)C2. The van der Waals surface area contributed by atoms with Crippen molar-refractivity contribution in [3.63, 3.8) is 0 Å². The first-order chi connectivity index (χ1) is 13.6. The predicted molar refractivity (Wildman–Crippen MR) is 105 cm³/mol. The maximum atomic E-state index is 13.4. The highest BCUT2D eigenvalue weighted by molar-refractivity contribution is 6.05. The molecule has 2 bridgehead atoms. The molecule has 3 atom stereocenters. The standard InChI is InChI=1S/C23H25NO4/c1-28-22(27)19-10-6-5-9-18(19)21(26)24-17-11-12-20(24)23(14-17,15-25)13-16-7-3-2-4-8-16/h2-10,17,20,25H,11-15H2,1H3/t17-,20+,23-/m1/s1. The van der Waals surface area contributed by atoms with E-state index in [0.29, 0.717) is 11.1 Å². The largest absolute Gasteiger partial charge is 0.465 e. The number of aliphatic hydroxyl groups excluding tert-OH is 1. The molecule has 28 heavy (non-hydrogen) atoms. The fourth-order valence-corrected chi connectivity index (χ4v) is 5.11. The van der Waals surface area contributed by atoms with Gasteiger partial charge in [-0.15, -0.1) is 0 Å². The van der Waals surface area contributed by atoms with E-state index in [4.69, 9.17) is 4.74 Å². The van der Waals surface area contributed by atoms with Crippen LogP contribution in [0, 0.1) is 5.41 Å². The molecule has 146 valence electrons. The van der Waals surface area contributed by atoms with Crippen molar-refractivity contribution < 1.29 is 19.4 Å². The van der Waals surface area contributed by atoms with E-state index in [1.54, 1.807) is 24.3 Å². The number of rotatable bonds is 5. The maximum absolute atomic E-state index is 13.4. The van der Waals surface area contributed by atoms with Crippen LogP contribution in [0.3, 0.4) is 0 Å². The Morgan fingerprint density at radius 3 is 2.43 bits per heavy atom. The van der Waals surface area contributed by atoms with Crippen molar-refractivity contribution in [2.24, 2.45) is 5.41 Å². The zero-order valence-corrected chi connectivity index (χ0v) is 16.0. The average Bonchev–Trinajstić information content (AvgIpc) is 3.29. The van der Waals surface area contributed by atoms with Gasteiger partial charge in [0.2, 0.25) is 0 Å². The van der Waals surface area contributed by atoms with Crippen LogP contribution in [0.25, 0.3) is 0 Å². The van der Waals surface area contributed by atoms with Gasteiger partial charge in [0.1, 0.15) is 0 Å². The highest BCUT2D eigenvalue weighted by atomic mass is 16.5. The smallest absolute Gasteiger partial charge is 0.338 e. The third-order valence-electron chi connectivity index (χ3n) is 6.36. The number of hydrogen-bond acceptors (Lipinski definition) is 4. The molecule has 2 aromatic carbocycles. The maximum Gasteiger partial charge on any atom is 0.338 e. The number of carbonyl (C=O) groups excluding carboxylic acids is 2. The summed E-state index contributed by atoms with van der Waals surface area (Å²) in [4.78, 5) is 27.5. The van der Waals surface area contributed by atoms with Crippen LogP contribution in [0.2, 0.25) is 0 Å². The molecule has 0 radical (unpaired) electrons. The molecule has 1 N–H and O–H groups in total. The summed E-state index contributed by atoms with van der Waals surface area (Å²) in [6, 6.07) is 17.0. The van der Waals surface area contributed by atoms with Crippen molar-refractivity contribution >= 4 is 11.9 Å². The molecular formula is C23H25NO4. The minimum atomic E-state index is -0.506. The van der Waals surface area contributed by atoms with E-state index >= 15 is 0 Å². The molecule has 2 aromatic rings. The summed E-state index contributed by atoms with van der Waals surface area (Å²) in [5, 5.41) is 10.3. The molecule has 0 aromatic heterocycles. The first-order valence-electron chi connectivity index (χ1n) is 9.74. The van der Waals surface area contributed by atoms with Gasteiger partial charge < -0.3 is 14.7 Å². The Labute approximate surface area is 164 Å². The molecule has 1 amide bonds. The number of methoxy groups -OCH3 is 1. The average molecular weight is 379 g/mol. The van der Waals surface area contributed by atoms with Gasteiger partial charge in [-0.1, -0.05) is 42.5 Å². The summed E-state index contributed by atoms with van der Waals surface area (Å²) < 4.78 is 4.85. The lowest BCUT2D eigenvalue weighted by molar-refractivity contribution is 0.0545. The number of aliphatic hydroxyl groups is 1. The van der Waals surface area contributed by atoms with Crippen molar-refractivity contribution in [3.05, 3.63) is 71.3 Å². The molecule has 4 rings (SSSR count). The first-order valence-corrected chi connectivity index (χ1v) is 9.74. The third kappa shape index (κ3) is 3.00. The normalized spacial score (nSPS) is 25.7. The van der Waals surface area contributed by atoms with Crippen molar-refractivity contribution in [1.29, 1.82) is 0 Å². The molecule has 0 spiro atoms. The number of nitrogens with zero attached hydrogens (tertiary/aromatic N) is 1. The molecule has 0 unspecified atom stereocenters. The van der Waals surface area contributed by atoms with Gasteiger partial charge in [-0.3, -0.25) is 4.79 Å². The molecule has 2 heterocycles.